The molecule has 0 spiro atoms. The van der Waals surface area contributed by atoms with E-state index in [2.05, 4.69) is 26.7 Å². The highest BCUT2D eigenvalue weighted by Gasteiger charge is 2.35. The molecule has 0 bridgehead atoms. The first-order chi connectivity index (χ1) is 13.6. The largest absolute Gasteiger partial charge is 0.333 e. The topological polar surface area (TPSA) is 85.9 Å². The minimum absolute atomic E-state index is 0.0223. The summed E-state index contributed by atoms with van der Waals surface area (Å²) in [7, 11) is 0. The molecule has 2 aliphatic rings. The minimum atomic E-state index is -0.112. The number of amides is 1. The molecule has 0 radical (unpaired) electrons. The molecule has 1 saturated carbocycles. The molecule has 144 valence electrons. The number of hydrogen-bond acceptors (Lipinski definition) is 5. The Morgan fingerprint density at radius 1 is 1.21 bits per heavy atom. The highest BCUT2D eigenvalue weighted by molar-refractivity contribution is 5.77. The van der Waals surface area contributed by atoms with Gasteiger partial charge in [-0.15, -0.1) is 10.2 Å². The Balaban J connectivity index is 1.30. The zero-order chi connectivity index (χ0) is 19.3. The van der Waals surface area contributed by atoms with E-state index < -0.39 is 0 Å². The Bertz CT molecular complexity index is 1110. The molecular weight excluding hydrogens is 356 g/mol. The average Bonchev–Trinajstić information content (AvgIpc) is 3.46. The van der Waals surface area contributed by atoms with Crippen LogP contribution in [-0.4, -0.2) is 41.7 Å². The number of aryl methyl sites for hydroxylation is 1. The van der Waals surface area contributed by atoms with Crippen molar-refractivity contribution in [1.29, 1.82) is 0 Å². The first kappa shape index (κ1) is 17.1. The van der Waals surface area contributed by atoms with Gasteiger partial charge in [0, 0.05) is 25.4 Å². The van der Waals surface area contributed by atoms with Crippen molar-refractivity contribution in [3.05, 3.63) is 52.6 Å². The lowest BCUT2D eigenvalue weighted by Crippen LogP contribution is -2.41. The third-order valence-electron chi connectivity index (χ3n) is 5.64. The summed E-state index contributed by atoms with van der Waals surface area (Å²) in [5.41, 5.74) is 0.560. The molecule has 3 heterocycles. The second-order valence-electron chi connectivity index (χ2n) is 7.75. The fourth-order valence-corrected chi connectivity index (χ4v) is 4.01. The number of aromatic nitrogens is 5. The maximum absolute atomic E-state index is 12.8. The van der Waals surface area contributed by atoms with Gasteiger partial charge in [0.25, 0.3) is 5.56 Å². The number of carbonyl (C=O) groups is 1. The zero-order valence-corrected chi connectivity index (χ0v) is 15.8. The van der Waals surface area contributed by atoms with Gasteiger partial charge in [0.15, 0.2) is 5.82 Å². The fourth-order valence-electron chi connectivity index (χ4n) is 4.01. The lowest BCUT2D eigenvalue weighted by Gasteiger charge is -2.32. The number of benzene rings is 1. The number of hydrogen-bond donors (Lipinski definition) is 0. The van der Waals surface area contributed by atoms with E-state index >= 15 is 0 Å². The van der Waals surface area contributed by atoms with Gasteiger partial charge in [0.05, 0.1) is 29.8 Å². The smallest absolute Gasteiger partial charge is 0.261 e. The second-order valence-corrected chi connectivity index (χ2v) is 7.75. The van der Waals surface area contributed by atoms with Gasteiger partial charge in [-0.1, -0.05) is 12.1 Å². The third-order valence-corrected chi connectivity index (χ3v) is 5.64. The SMILES string of the molecule is C[C@H]1CN(C(=O)CCn2cnc3ccccc3c2=O)Cc2nnc(C3CC3)n21. The minimum Gasteiger partial charge on any atom is -0.333 e. The maximum atomic E-state index is 12.8. The highest BCUT2D eigenvalue weighted by Crippen LogP contribution is 2.41. The molecule has 1 aromatic carbocycles. The molecule has 0 unspecified atom stereocenters. The van der Waals surface area contributed by atoms with E-state index in [4.69, 9.17) is 0 Å². The predicted octanol–water partition coefficient (Wildman–Crippen LogP) is 1.86. The monoisotopic (exact) mass is 378 g/mol. The van der Waals surface area contributed by atoms with Crippen LogP contribution in [0.15, 0.2) is 35.4 Å². The van der Waals surface area contributed by atoms with E-state index in [1.165, 1.54) is 23.7 Å². The molecule has 0 N–H and O–H groups in total. The predicted molar refractivity (Wildman–Crippen MR) is 103 cm³/mol. The molecule has 3 aromatic rings. The molecule has 8 nitrogen and oxygen atoms in total. The van der Waals surface area contributed by atoms with Crippen LogP contribution in [-0.2, 0) is 17.9 Å². The van der Waals surface area contributed by atoms with E-state index in [-0.39, 0.29) is 23.9 Å². The van der Waals surface area contributed by atoms with E-state index in [0.717, 1.165) is 11.6 Å². The van der Waals surface area contributed by atoms with E-state index in [0.29, 0.717) is 36.5 Å². The molecule has 28 heavy (non-hydrogen) atoms. The molecule has 2 aromatic heterocycles. The van der Waals surface area contributed by atoms with Crippen LogP contribution in [0.2, 0.25) is 0 Å². The molecule has 5 rings (SSSR count). The van der Waals surface area contributed by atoms with Crippen LogP contribution in [0, 0.1) is 0 Å². The quantitative estimate of drug-likeness (QED) is 0.692. The van der Waals surface area contributed by atoms with Gasteiger partial charge < -0.3 is 9.47 Å². The van der Waals surface area contributed by atoms with E-state index in [1.807, 2.05) is 23.1 Å². The number of fused-ring (bicyclic) bond motifs is 2. The summed E-state index contributed by atoms with van der Waals surface area (Å²) in [6.45, 7) is 3.55. The first-order valence-electron chi connectivity index (χ1n) is 9.77. The molecule has 1 amide bonds. The van der Waals surface area contributed by atoms with Crippen LogP contribution in [0.5, 0.6) is 0 Å². The summed E-state index contributed by atoms with van der Waals surface area (Å²) in [6, 6.07) is 7.42. The van der Waals surface area contributed by atoms with Crippen molar-refractivity contribution in [3.63, 3.8) is 0 Å². The Morgan fingerprint density at radius 3 is 2.86 bits per heavy atom. The summed E-state index contributed by atoms with van der Waals surface area (Å²) in [5.74, 6) is 2.49. The second kappa shape index (κ2) is 6.54. The molecule has 1 aliphatic carbocycles. The number of rotatable bonds is 4. The van der Waals surface area contributed by atoms with Crippen LogP contribution in [0.25, 0.3) is 10.9 Å². The van der Waals surface area contributed by atoms with Crippen LogP contribution in [0.1, 0.15) is 49.8 Å². The summed E-state index contributed by atoms with van der Waals surface area (Å²) in [4.78, 5) is 31.5. The molecule has 8 heteroatoms. The Kier molecular flexibility index (Phi) is 3.99. The Morgan fingerprint density at radius 2 is 2.04 bits per heavy atom. The molecule has 1 atom stereocenters. The first-order valence-corrected chi connectivity index (χ1v) is 9.77. The van der Waals surface area contributed by atoms with Gasteiger partial charge in [-0.2, -0.15) is 0 Å². The zero-order valence-electron chi connectivity index (χ0n) is 15.8. The fraction of sp³-hybridized carbons (Fsp3) is 0.450. The highest BCUT2D eigenvalue weighted by atomic mass is 16.2. The maximum Gasteiger partial charge on any atom is 0.261 e. The number of carbonyl (C=O) groups excluding carboxylic acids is 1. The molecule has 1 aliphatic heterocycles. The Hall–Kier alpha value is -3.03. The normalized spacial score (nSPS) is 19.0. The lowest BCUT2D eigenvalue weighted by molar-refractivity contribution is -0.133. The van der Waals surface area contributed by atoms with Gasteiger partial charge in [-0.05, 0) is 31.9 Å². The van der Waals surface area contributed by atoms with Crippen molar-refractivity contribution >= 4 is 16.8 Å². The summed E-state index contributed by atoms with van der Waals surface area (Å²) in [6.07, 6.45) is 4.15. The van der Waals surface area contributed by atoms with Crippen LogP contribution >= 0.6 is 0 Å². The van der Waals surface area contributed by atoms with Crippen LogP contribution in [0.3, 0.4) is 0 Å². The molecule has 0 saturated heterocycles. The van der Waals surface area contributed by atoms with Gasteiger partial charge in [-0.3, -0.25) is 14.2 Å². The lowest BCUT2D eigenvalue weighted by atomic mass is 10.2. The van der Waals surface area contributed by atoms with Crippen molar-refractivity contribution in [2.75, 3.05) is 6.54 Å². The summed E-state index contributed by atoms with van der Waals surface area (Å²) >= 11 is 0. The van der Waals surface area contributed by atoms with E-state index in [9.17, 15) is 9.59 Å². The number of para-hydroxylation sites is 1. The van der Waals surface area contributed by atoms with Gasteiger partial charge in [0.2, 0.25) is 5.91 Å². The van der Waals surface area contributed by atoms with E-state index in [1.54, 1.807) is 6.07 Å². The van der Waals surface area contributed by atoms with Crippen molar-refractivity contribution in [2.24, 2.45) is 0 Å². The van der Waals surface area contributed by atoms with Crippen molar-refractivity contribution in [2.45, 2.75) is 51.2 Å². The Labute approximate surface area is 161 Å². The van der Waals surface area contributed by atoms with Crippen LogP contribution in [0.4, 0.5) is 0 Å². The van der Waals surface area contributed by atoms with Crippen molar-refractivity contribution < 1.29 is 4.79 Å². The van der Waals surface area contributed by atoms with Crippen molar-refractivity contribution in [1.82, 2.24) is 29.2 Å². The third kappa shape index (κ3) is 2.89. The van der Waals surface area contributed by atoms with Gasteiger partial charge in [-0.25, -0.2) is 4.98 Å². The summed E-state index contributed by atoms with van der Waals surface area (Å²) in [5, 5.41) is 9.25. The molecule has 1 fully saturated rings. The van der Waals surface area contributed by atoms with Gasteiger partial charge in [0.1, 0.15) is 5.82 Å². The van der Waals surface area contributed by atoms with Gasteiger partial charge >= 0.3 is 0 Å². The molecular formula is C20H22N6O2. The van der Waals surface area contributed by atoms with Crippen LogP contribution < -0.4 is 5.56 Å². The van der Waals surface area contributed by atoms with Crippen molar-refractivity contribution in [3.8, 4) is 0 Å². The standard InChI is InChI=1S/C20H22N6O2/c1-13-10-25(11-17-22-23-19(26(13)17)14-6-7-14)18(27)8-9-24-12-21-16-5-3-2-4-15(16)20(24)28/h2-5,12-14H,6-11H2,1H3/t13-/m0/s1. The summed E-state index contributed by atoms with van der Waals surface area (Å²) < 4.78 is 3.72. The number of nitrogens with zero attached hydrogens (tertiary/aromatic N) is 6. The average molecular weight is 378 g/mol.